The van der Waals surface area contributed by atoms with Gasteiger partial charge < -0.3 is 10.2 Å². The highest BCUT2D eigenvalue weighted by atomic mass is 16.4. The van der Waals surface area contributed by atoms with E-state index in [4.69, 9.17) is 10.2 Å². The van der Waals surface area contributed by atoms with Gasteiger partial charge in [0.25, 0.3) is 0 Å². The molecule has 0 amide bonds. The average molecular weight is 205 g/mol. The summed E-state index contributed by atoms with van der Waals surface area (Å²) in [7, 11) is 0. The van der Waals surface area contributed by atoms with Crippen molar-refractivity contribution < 1.29 is 4.42 Å². The minimum Gasteiger partial charge on any atom is -0.440 e. The molecule has 2 aromatic rings. The summed E-state index contributed by atoms with van der Waals surface area (Å²) in [6.07, 6.45) is 1.65. The molecule has 0 unspecified atom stereocenters. The number of aryl methyl sites for hydroxylation is 1. The minimum absolute atomic E-state index is 0.466. The van der Waals surface area contributed by atoms with Gasteiger partial charge in [0.15, 0.2) is 0 Å². The van der Waals surface area contributed by atoms with Crippen LogP contribution in [0.1, 0.15) is 19.6 Å². The Kier molecular flexibility index (Phi) is 3.85. The summed E-state index contributed by atoms with van der Waals surface area (Å²) in [6, 6.07) is 5.35. The van der Waals surface area contributed by atoms with Gasteiger partial charge in [-0.15, -0.1) is 0 Å². The van der Waals surface area contributed by atoms with E-state index in [-0.39, 0.29) is 0 Å². The average Bonchev–Trinajstić information content (AvgIpc) is 2.68. The van der Waals surface area contributed by atoms with E-state index < -0.39 is 0 Å². The lowest BCUT2D eigenvalue weighted by molar-refractivity contribution is 0.540. The van der Waals surface area contributed by atoms with Crippen LogP contribution in [0.3, 0.4) is 0 Å². The number of nitrogens with zero attached hydrogens (tertiary/aromatic N) is 2. The second-order valence-electron chi connectivity index (χ2n) is 2.72. The lowest BCUT2D eigenvalue weighted by Gasteiger charge is -1.95. The van der Waals surface area contributed by atoms with Crippen LogP contribution in [0.4, 0.5) is 5.82 Å². The summed E-state index contributed by atoms with van der Waals surface area (Å²) in [6.45, 7) is 5.84. The number of nitrogens with two attached hydrogens (primary N) is 1. The van der Waals surface area contributed by atoms with Crippen molar-refractivity contribution in [2.45, 2.75) is 20.8 Å². The number of rotatable bonds is 1. The van der Waals surface area contributed by atoms with E-state index in [0.717, 1.165) is 5.76 Å². The molecule has 0 aliphatic rings. The molecule has 4 heteroatoms. The van der Waals surface area contributed by atoms with Gasteiger partial charge in [-0.2, -0.15) is 0 Å². The van der Waals surface area contributed by atoms with Gasteiger partial charge in [0.2, 0.25) is 5.89 Å². The molecule has 0 aliphatic heterocycles. The molecule has 4 nitrogen and oxygen atoms in total. The van der Waals surface area contributed by atoms with E-state index in [1.54, 1.807) is 12.3 Å². The summed E-state index contributed by atoms with van der Waals surface area (Å²) in [5, 5.41) is 0. The van der Waals surface area contributed by atoms with Crippen molar-refractivity contribution in [3.63, 3.8) is 0 Å². The van der Waals surface area contributed by atoms with Crippen LogP contribution < -0.4 is 5.73 Å². The zero-order valence-electron chi connectivity index (χ0n) is 9.19. The molecule has 2 aromatic heterocycles. The number of anilines is 1. The quantitative estimate of drug-likeness (QED) is 0.777. The molecule has 0 saturated heterocycles. The zero-order valence-corrected chi connectivity index (χ0v) is 9.19. The fourth-order valence-electron chi connectivity index (χ4n) is 1.04. The van der Waals surface area contributed by atoms with E-state index in [2.05, 4.69) is 9.97 Å². The van der Waals surface area contributed by atoms with Gasteiger partial charge in [-0.25, -0.2) is 9.97 Å². The van der Waals surface area contributed by atoms with Crippen molar-refractivity contribution in [2.24, 2.45) is 0 Å². The molecule has 0 aliphatic carbocycles. The second kappa shape index (κ2) is 5.14. The molecule has 2 rings (SSSR count). The van der Waals surface area contributed by atoms with Gasteiger partial charge in [0, 0.05) is 0 Å². The highest BCUT2D eigenvalue weighted by molar-refractivity contribution is 5.50. The van der Waals surface area contributed by atoms with E-state index in [1.165, 1.54) is 0 Å². The molecule has 80 valence electrons. The molecule has 0 aromatic carbocycles. The molecule has 0 radical (unpaired) electrons. The Bertz CT molecular complexity index is 423. The first-order valence-electron chi connectivity index (χ1n) is 4.91. The van der Waals surface area contributed by atoms with Crippen molar-refractivity contribution in [3.8, 4) is 11.6 Å². The zero-order chi connectivity index (χ0) is 11.3. The third-order valence-corrected chi connectivity index (χ3v) is 1.61. The number of hydrogen-bond acceptors (Lipinski definition) is 4. The Morgan fingerprint density at radius 1 is 1.27 bits per heavy atom. The molecule has 2 N–H and O–H groups in total. The summed E-state index contributed by atoms with van der Waals surface area (Å²) < 4.78 is 5.30. The van der Waals surface area contributed by atoms with Gasteiger partial charge in [-0.05, 0) is 19.1 Å². The van der Waals surface area contributed by atoms with E-state index in [0.29, 0.717) is 17.4 Å². The Labute approximate surface area is 89.2 Å². The fraction of sp³-hybridized carbons (Fsp3) is 0.273. The number of pyridine rings is 1. The van der Waals surface area contributed by atoms with Crippen molar-refractivity contribution in [1.82, 2.24) is 9.97 Å². The second-order valence-corrected chi connectivity index (χ2v) is 2.72. The molecule has 0 bridgehead atoms. The molecule has 15 heavy (non-hydrogen) atoms. The van der Waals surface area contributed by atoms with Crippen LogP contribution in [0, 0.1) is 6.92 Å². The first kappa shape index (κ1) is 11.2. The predicted molar refractivity (Wildman–Crippen MR) is 60.2 cm³/mol. The normalized spacial score (nSPS) is 9.27. The molecular formula is C11H15N3O. The Balaban J connectivity index is 0.000000531. The van der Waals surface area contributed by atoms with Gasteiger partial charge in [0.1, 0.15) is 17.3 Å². The van der Waals surface area contributed by atoms with E-state index in [1.807, 2.05) is 32.9 Å². The summed E-state index contributed by atoms with van der Waals surface area (Å²) >= 11 is 0. The van der Waals surface area contributed by atoms with Crippen LogP contribution in [-0.4, -0.2) is 9.97 Å². The Morgan fingerprint density at radius 2 is 2.00 bits per heavy atom. The van der Waals surface area contributed by atoms with Crippen molar-refractivity contribution in [3.05, 3.63) is 30.2 Å². The third kappa shape index (κ3) is 2.80. The number of aromatic nitrogens is 2. The smallest absolute Gasteiger partial charge is 0.245 e. The van der Waals surface area contributed by atoms with Crippen molar-refractivity contribution in [2.75, 3.05) is 5.73 Å². The van der Waals surface area contributed by atoms with Crippen molar-refractivity contribution in [1.29, 1.82) is 0 Å². The molecule has 0 spiro atoms. The number of oxazole rings is 1. The maximum absolute atomic E-state index is 5.52. The molecule has 0 fully saturated rings. The van der Waals surface area contributed by atoms with Crippen LogP contribution in [0.2, 0.25) is 0 Å². The highest BCUT2D eigenvalue weighted by Gasteiger charge is 2.04. The summed E-state index contributed by atoms with van der Waals surface area (Å²) in [5.41, 5.74) is 6.18. The third-order valence-electron chi connectivity index (χ3n) is 1.61. The largest absolute Gasteiger partial charge is 0.440 e. The Morgan fingerprint density at radius 3 is 2.53 bits per heavy atom. The van der Waals surface area contributed by atoms with Gasteiger partial charge in [0.05, 0.1) is 6.20 Å². The first-order chi connectivity index (χ1) is 7.25. The number of nitrogen functional groups attached to an aromatic ring is 1. The van der Waals surface area contributed by atoms with Crippen LogP contribution >= 0.6 is 0 Å². The van der Waals surface area contributed by atoms with Crippen LogP contribution in [0.15, 0.2) is 28.8 Å². The van der Waals surface area contributed by atoms with Crippen LogP contribution in [0.5, 0.6) is 0 Å². The van der Waals surface area contributed by atoms with Crippen LogP contribution in [-0.2, 0) is 0 Å². The van der Waals surface area contributed by atoms with E-state index >= 15 is 0 Å². The highest BCUT2D eigenvalue weighted by Crippen LogP contribution is 2.16. The molecular weight excluding hydrogens is 190 g/mol. The number of hydrogen-bond donors (Lipinski definition) is 1. The standard InChI is InChI=1S/C9H9N3O.C2H6/c1-6-5-11-9(13-6)7-3-2-4-8(10)12-7;1-2/h2-5H,1H3,(H2,10,12);1-2H3. The first-order valence-corrected chi connectivity index (χ1v) is 4.91. The summed E-state index contributed by atoms with van der Waals surface area (Å²) in [4.78, 5) is 8.12. The summed E-state index contributed by atoms with van der Waals surface area (Å²) in [5.74, 6) is 1.73. The SMILES string of the molecule is CC.Cc1cnc(-c2cccc(N)n2)o1. The maximum Gasteiger partial charge on any atom is 0.245 e. The monoisotopic (exact) mass is 205 g/mol. The van der Waals surface area contributed by atoms with Gasteiger partial charge in [-0.3, -0.25) is 0 Å². The van der Waals surface area contributed by atoms with Crippen molar-refractivity contribution >= 4 is 5.82 Å². The molecule has 0 atom stereocenters. The topological polar surface area (TPSA) is 64.9 Å². The maximum atomic E-state index is 5.52. The minimum atomic E-state index is 0.466. The lowest BCUT2D eigenvalue weighted by Crippen LogP contribution is -1.90. The fourth-order valence-corrected chi connectivity index (χ4v) is 1.04. The molecule has 2 heterocycles. The Hall–Kier alpha value is -1.84. The van der Waals surface area contributed by atoms with Gasteiger partial charge in [-0.1, -0.05) is 19.9 Å². The predicted octanol–water partition coefficient (Wildman–Crippen LogP) is 2.65. The lowest BCUT2D eigenvalue weighted by atomic mass is 10.3. The van der Waals surface area contributed by atoms with Crippen LogP contribution in [0.25, 0.3) is 11.6 Å². The molecule has 0 saturated carbocycles. The van der Waals surface area contributed by atoms with E-state index in [9.17, 15) is 0 Å². The van der Waals surface area contributed by atoms with Gasteiger partial charge >= 0.3 is 0 Å².